The molecule has 3 aliphatic heterocycles. The molecule has 5 aromatic carbocycles. The predicted octanol–water partition coefficient (Wildman–Crippen LogP) is 18.1. The number of pyridine rings is 1. The average Bonchev–Trinajstić information content (AvgIpc) is 1.63. The maximum atomic E-state index is 13.4. The van der Waals surface area contributed by atoms with Crippen LogP contribution in [0.25, 0.3) is 109 Å². The number of carbonyl (C=O) groups is 5. The number of piperidine rings is 1. The minimum atomic E-state index is -1.13. The van der Waals surface area contributed by atoms with Crippen LogP contribution in [0.15, 0.2) is 146 Å². The van der Waals surface area contributed by atoms with Gasteiger partial charge in [-0.15, -0.1) is 0 Å². The quantitative estimate of drug-likeness (QED) is 0.0529. The number of carboxylic acid groups (broad SMARTS) is 5. The van der Waals surface area contributed by atoms with E-state index in [1.807, 2.05) is 18.0 Å². The zero-order chi connectivity index (χ0) is 90.8. The zero-order valence-electron chi connectivity index (χ0n) is 69.1. The SMILES string of the molecule is CN(c1cccnc1)c1nc2sc(C(=O)O)nc2nc1-c1ccc(F)cc1.CN(c1nc2sc(C(=O)O)nc2nc1-c1ccc(F)cc1)C1CCCCC1.O=C(O)c1nc2nc(-c3ccc(F)cc3)c(N3CCCCC3)nc2s1.O=C(O)c1nc2nc(-c3ccc(F)cc3)c(N3CCCCCC3)nc2s1.O=C(O)c1nc2nc(-c3ccc(F)cc3)c(N3CCOCC3)nc2s1. The van der Waals surface area contributed by atoms with Crippen LogP contribution in [0.1, 0.15) is 126 Å². The Balaban J connectivity index is 0.000000119. The molecule has 20 rings (SSSR count). The molecule has 16 aromatic rings. The largest absolute Gasteiger partial charge is 0.476 e. The van der Waals surface area contributed by atoms with Crippen molar-refractivity contribution in [2.24, 2.45) is 0 Å². The molecule has 0 amide bonds. The number of hydrogen-bond acceptors (Lipinski definition) is 32. The highest BCUT2D eigenvalue weighted by Crippen LogP contribution is 2.41. The lowest BCUT2D eigenvalue weighted by molar-refractivity contribution is 0.0686. The van der Waals surface area contributed by atoms with Gasteiger partial charge in [0.25, 0.3) is 0 Å². The predicted molar refractivity (Wildman–Crippen MR) is 485 cm³/mol. The van der Waals surface area contributed by atoms with Gasteiger partial charge >= 0.3 is 29.8 Å². The summed E-state index contributed by atoms with van der Waals surface area (Å²) in [6, 6.07) is 34.1. The minimum Gasteiger partial charge on any atom is -0.476 e. The topological polar surface area (TPSA) is 418 Å². The highest BCUT2D eigenvalue weighted by molar-refractivity contribution is 7.21. The Hall–Kier alpha value is -13.9. The third-order valence-corrected chi connectivity index (χ3v) is 26.0. The lowest BCUT2D eigenvalue weighted by Crippen LogP contribution is -2.37. The number of ether oxygens (including phenoxy) is 1. The van der Waals surface area contributed by atoms with Crippen molar-refractivity contribution in [3.8, 4) is 56.3 Å². The van der Waals surface area contributed by atoms with Crippen molar-refractivity contribution in [3.63, 3.8) is 0 Å². The summed E-state index contributed by atoms with van der Waals surface area (Å²) in [5, 5.41) is 45.7. The van der Waals surface area contributed by atoms with Gasteiger partial charge in [-0.2, -0.15) is 0 Å². The van der Waals surface area contributed by atoms with E-state index in [4.69, 9.17) is 24.9 Å². The molecule has 0 spiro atoms. The standard InChI is InChI=1S/C19H19FN4O2S.C18H12FN5O2S.C18H17FN4O2S.C17H15FN4O2S.C16H13FN4O3S/c1-24(13-5-3-2-4-6-13)16-14(11-7-9-12(20)10-8-11)21-15-17(23-16)27-18(22-15)19(25)26;1-24(12-3-2-8-20-9-12)15-13(10-4-6-11(19)7-5-10)21-14-16(23-15)27-17(22-14)18(25)26;19-12-7-5-11(6-8-12)13-15(23-9-3-1-2-4-10-23)22-16-14(20-13)21-17(26-16)18(24)25;18-11-6-4-10(5-7-11)12-14(22-8-2-1-3-9-22)21-15-13(19-12)20-16(25-15)17(23)24;17-10-3-1-9(2-4-10)11-13(21-5-7-24-8-6-21)20-14-12(18-11)19-15(25-14)16(22)23/h7-10,13H,2-6H2,1H3,(H,25,26);2-9H,1H3,(H,25,26);5-8H,1-4,9-10H2,(H,24,25);4-7H,1-3,8-9H2,(H,23,24);1-4H,5-8H2,(H,22,23). The molecule has 0 radical (unpaired) electrons. The number of aromatic nitrogens is 16. The molecule has 42 heteroatoms. The Morgan fingerprint density at radius 2 is 0.615 bits per heavy atom. The van der Waals surface area contributed by atoms with Crippen LogP contribution in [0.5, 0.6) is 0 Å². The average molecular weight is 1860 g/mol. The Kier molecular flexibility index (Phi) is 27.6. The highest BCUT2D eigenvalue weighted by Gasteiger charge is 2.30. The van der Waals surface area contributed by atoms with E-state index in [0.29, 0.717) is 142 Å². The van der Waals surface area contributed by atoms with E-state index < -0.39 is 29.8 Å². The summed E-state index contributed by atoms with van der Waals surface area (Å²) >= 11 is 5.00. The molecule has 11 aromatic heterocycles. The lowest BCUT2D eigenvalue weighted by atomic mass is 9.94. The molecular formula is C88H76F5N21O11S5. The second-order valence-electron chi connectivity index (χ2n) is 30.0. The van der Waals surface area contributed by atoms with E-state index in [-0.39, 0.29) is 65.4 Å². The van der Waals surface area contributed by atoms with Crippen LogP contribution >= 0.6 is 56.7 Å². The van der Waals surface area contributed by atoms with Gasteiger partial charge in [0.1, 0.15) is 57.6 Å². The zero-order valence-corrected chi connectivity index (χ0v) is 73.2. The summed E-state index contributed by atoms with van der Waals surface area (Å²) < 4.78 is 72.0. The molecule has 32 nitrogen and oxygen atoms in total. The van der Waals surface area contributed by atoms with Crippen molar-refractivity contribution in [2.75, 3.05) is 91.1 Å². The Morgan fingerprint density at radius 3 is 0.931 bits per heavy atom. The monoisotopic (exact) mass is 1860 g/mol. The minimum absolute atomic E-state index is 0.0296. The number of benzene rings is 5. The van der Waals surface area contributed by atoms with Crippen LogP contribution in [0.3, 0.4) is 0 Å². The maximum Gasteiger partial charge on any atom is 0.365 e. The summed E-state index contributed by atoms with van der Waals surface area (Å²) in [5.41, 5.74) is 8.59. The van der Waals surface area contributed by atoms with Gasteiger partial charge < -0.3 is 54.8 Å². The number of rotatable bonds is 17. The van der Waals surface area contributed by atoms with Crippen molar-refractivity contribution in [1.82, 2.24) is 79.7 Å². The van der Waals surface area contributed by atoms with Crippen molar-refractivity contribution in [1.29, 1.82) is 0 Å². The van der Waals surface area contributed by atoms with Crippen LogP contribution < -0.4 is 24.5 Å². The van der Waals surface area contributed by atoms with Gasteiger partial charge in [-0.3, -0.25) is 4.98 Å². The molecule has 14 heterocycles. The van der Waals surface area contributed by atoms with Gasteiger partial charge in [0.15, 0.2) is 81.5 Å². The normalized spacial score (nSPS) is 14.2. The first-order valence-electron chi connectivity index (χ1n) is 41.0. The van der Waals surface area contributed by atoms with Gasteiger partial charge in [-0.1, -0.05) is 88.8 Å². The van der Waals surface area contributed by atoms with E-state index in [9.17, 15) is 61.2 Å². The Labute approximate surface area is 755 Å². The molecule has 4 aliphatic rings. The molecular weight excluding hydrogens is 1780 g/mol. The first kappa shape index (κ1) is 89.5. The number of morpholine rings is 1. The molecule has 0 atom stereocenters. The number of fused-ring (bicyclic) bond motifs is 5. The number of aromatic carboxylic acids is 5. The fraction of sp³-hybridized carbons (Fsp3) is 0.261. The number of halogens is 5. The van der Waals surface area contributed by atoms with E-state index in [1.165, 1.54) is 99.2 Å². The molecule has 130 heavy (non-hydrogen) atoms. The van der Waals surface area contributed by atoms with Crippen LogP contribution in [-0.4, -0.2) is 208 Å². The summed E-state index contributed by atoms with van der Waals surface area (Å²) in [5.74, 6) is -3.96. The smallest absolute Gasteiger partial charge is 0.365 e. The fourth-order valence-corrected chi connectivity index (χ4v) is 18.4. The molecule has 1 saturated carbocycles. The van der Waals surface area contributed by atoms with Crippen LogP contribution in [-0.2, 0) is 4.74 Å². The number of nitrogens with zero attached hydrogens (tertiary/aromatic N) is 21. The second kappa shape index (κ2) is 40.2. The molecule has 0 bridgehead atoms. The number of thiazole rings is 5. The maximum absolute atomic E-state index is 13.4. The van der Waals surface area contributed by atoms with Gasteiger partial charge in [0.2, 0.25) is 25.0 Å². The van der Waals surface area contributed by atoms with Crippen molar-refractivity contribution < 1.29 is 76.2 Å². The first-order valence-corrected chi connectivity index (χ1v) is 45.1. The van der Waals surface area contributed by atoms with Gasteiger partial charge in [-0.05, 0) is 178 Å². The molecule has 0 unspecified atom stereocenters. The lowest BCUT2D eigenvalue weighted by Gasteiger charge is -2.32. The van der Waals surface area contributed by atoms with E-state index in [2.05, 4.69) is 84.5 Å². The Bertz CT molecular complexity index is 6670. The fourth-order valence-electron chi connectivity index (χ4n) is 14.9. The first-order chi connectivity index (χ1) is 62.9. The summed E-state index contributed by atoms with van der Waals surface area (Å²) in [6.07, 6.45) is 17.0. The molecule has 5 N–H and O–H groups in total. The highest BCUT2D eigenvalue weighted by atomic mass is 32.1. The Morgan fingerprint density at radius 1 is 0.338 bits per heavy atom. The van der Waals surface area contributed by atoms with Crippen molar-refractivity contribution >= 4 is 174 Å². The third kappa shape index (κ3) is 20.8. The van der Waals surface area contributed by atoms with Crippen LogP contribution in [0.4, 0.5) is 56.7 Å². The number of anilines is 6. The van der Waals surface area contributed by atoms with E-state index in [0.717, 1.165) is 144 Å². The summed E-state index contributed by atoms with van der Waals surface area (Å²) in [7, 11) is 3.80. The second-order valence-corrected chi connectivity index (χ2v) is 34.9. The number of hydrogen-bond donors (Lipinski definition) is 5. The van der Waals surface area contributed by atoms with Crippen LogP contribution in [0, 0.1) is 29.1 Å². The van der Waals surface area contributed by atoms with Crippen molar-refractivity contribution in [3.05, 3.63) is 200 Å². The van der Waals surface area contributed by atoms with Gasteiger partial charge in [0, 0.05) is 93.4 Å². The summed E-state index contributed by atoms with van der Waals surface area (Å²) in [6.45, 7) is 5.95. The van der Waals surface area contributed by atoms with E-state index in [1.54, 1.807) is 91.1 Å². The van der Waals surface area contributed by atoms with Gasteiger partial charge in [0.05, 0.1) is 25.1 Å². The number of carboxylic acids is 5. The van der Waals surface area contributed by atoms with E-state index >= 15 is 0 Å². The molecule has 4 fully saturated rings. The van der Waals surface area contributed by atoms with Gasteiger partial charge in [-0.25, -0.2) is 121 Å². The molecule has 664 valence electrons. The molecule has 1 aliphatic carbocycles. The summed E-state index contributed by atoms with van der Waals surface area (Å²) in [4.78, 5) is 139. The van der Waals surface area contributed by atoms with Crippen molar-refractivity contribution in [2.45, 2.75) is 83.1 Å². The van der Waals surface area contributed by atoms with Crippen LogP contribution in [0.2, 0.25) is 0 Å². The molecule has 3 saturated heterocycles. The third-order valence-electron chi connectivity index (χ3n) is 21.3.